The van der Waals surface area contributed by atoms with Crippen molar-refractivity contribution in [2.75, 3.05) is 13.1 Å². The third-order valence-electron chi connectivity index (χ3n) is 18.9. The van der Waals surface area contributed by atoms with E-state index < -0.39 is 0 Å². The maximum absolute atomic E-state index is 9.97. The molecule has 7 aliphatic carbocycles. The molecule has 16 unspecified atom stereocenters. The monoisotopic (exact) mass is 774 g/mol. The first-order valence-electron chi connectivity index (χ1n) is 25.3. The average molecular weight is 774 g/mol. The Bertz CT molecular complexity index is 1550. The summed E-state index contributed by atoms with van der Waals surface area (Å²) >= 11 is 0. The van der Waals surface area contributed by atoms with Gasteiger partial charge in [0.15, 0.2) is 0 Å². The van der Waals surface area contributed by atoms with E-state index in [0.717, 1.165) is 78.7 Å². The molecule has 3 saturated carbocycles. The molecule has 3 aliphatic heterocycles. The van der Waals surface area contributed by atoms with Gasteiger partial charge in [-0.1, -0.05) is 68.6 Å². The lowest BCUT2D eigenvalue weighted by Gasteiger charge is -2.53. The van der Waals surface area contributed by atoms with E-state index in [1.807, 2.05) is 5.57 Å². The Morgan fingerprint density at radius 2 is 1.35 bits per heavy atom. The quantitative estimate of drug-likeness (QED) is 0.240. The number of nitrogens with two attached hydrogens (primary N) is 1. The molecule has 312 valence electrons. The van der Waals surface area contributed by atoms with Gasteiger partial charge in [-0.15, -0.1) is 0 Å². The Hall–Kier alpha value is -1.87. The third-order valence-corrected chi connectivity index (χ3v) is 18.9. The lowest BCUT2D eigenvalue weighted by atomic mass is 9.55. The van der Waals surface area contributed by atoms with E-state index >= 15 is 0 Å². The number of fused-ring (bicyclic) bond motifs is 3. The standard InChI is InChI=1S/C52H79N5/c53-29-28-37-34-56(48-25-10-7-18-41(37)48)51-31-38(32-52(55-51)57-49-26-11-8-23-46(49)47-24-9-12-27-50(47)57)40-17-2-4-20-43(40)45-22-6-5-21-44(45)42-19-3-1-16-39(42)36-15-13-14-35(30-36)33-54/h1,4,8,16,20,23,35-46,48-49,51-52,55H,2-3,5-7,9-15,17-19,21-22,24-32,34,53H2. The fraction of sp³-hybridized carbons (Fsp3) is 0.827. The number of allylic oxidation sites excluding steroid dienone is 6. The smallest absolute Gasteiger partial charge is 0.0811 e. The van der Waals surface area contributed by atoms with E-state index in [1.165, 1.54) is 154 Å². The summed E-state index contributed by atoms with van der Waals surface area (Å²) in [5, 5.41) is 14.6. The van der Waals surface area contributed by atoms with E-state index in [0.29, 0.717) is 30.2 Å². The molecule has 0 amide bonds. The van der Waals surface area contributed by atoms with Gasteiger partial charge in [0.25, 0.3) is 0 Å². The minimum absolute atomic E-state index is 0.286. The molecule has 0 spiro atoms. The molecular weight excluding hydrogens is 695 g/mol. The lowest BCUT2D eigenvalue weighted by Crippen LogP contribution is -2.63. The van der Waals surface area contributed by atoms with Crippen LogP contribution < -0.4 is 11.1 Å². The van der Waals surface area contributed by atoms with Gasteiger partial charge in [0.05, 0.1) is 18.4 Å². The molecule has 10 aliphatic rings. The molecular formula is C52H79N5. The van der Waals surface area contributed by atoms with Crippen LogP contribution >= 0.6 is 0 Å². The van der Waals surface area contributed by atoms with Crippen molar-refractivity contribution in [2.45, 2.75) is 185 Å². The second kappa shape index (κ2) is 17.6. The zero-order valence-electron chi connectivity index (χ0n) is 35.7. The second-order valence-electron chi connectivity index (χ2n) is 21.5. The van der Waals surface area contributed by atoms with Gasteiger partial charge in [-0.05, 0) is 200 Å². The normalized spacial score (nSPS) is 46.4. The highest BCUT2D eigenvalue weighted by Crippen LogP contribution is 2.55. The van der Waals surface area contributed by atoms with Gasteiger partial charge < -0.3 is 10.6 Å². The number of hydrogen-bond donors (Lipinski definition) is 2. The van der Waals surface area contributed by atoms with Crippen molar-refractivity contribution >= 4 is 0 Å². The number of nitrogens with zero attached hydrogens (tertiary/aromatic N) is 3. The molecule has 2 saturated heterocycles. The summed E-state index contributed by atoms with van der Waals surface area (Å²) in [6, 6.07) is 4.14. The van der Waals surface area contributed by atoms with Crippen LogP contribution in [-0.4, -0.2) is 47.3 Å². The van der Waals surface area contributed by atoms with Gasteiger partial charge in [0.2, 0.25) is 0 Å². The first kappa shape index (κ1) is 39.3. The summed E-state index contributed by atoms with van der Waals surface area (Å²) in [7, 11) is 0. The molecule has 10 rings (SSSR count). The molecule has 5 heteroatoms. The van der Waals surface area contributed by atoms with Gasteiger partial charge in [0.1, 0.15) is 0 Å². The highest BCUT2D eigenvalue weighted by Gasteiger charge is 2.52. The molecule has 5 fully saturated rings. The van der Waals surface area contributed by atoms with Crippen molar-refractivity contribution in [3.05, 3.63) is 47.7 Å². The maximum Gasteiger partial charge on any atom is 0.0811 e. The van der Waals surface area contributed by atoms with Crippen LogP contribution in [0.25, 0.3) is 0 Å². The Labute approximate surface area is 347 Å². The molecule has 3 N–H and O–H groups in total. The SMILES string of the molecule is N#CC1CCCC(C2C=CCCC2C2CCCCC2C2C=CCCC2C2CC(N3CC(CCN)C4CCCCC43)NC(N3C4=C(CCCC4)C4C=CCCC43)C2)C1. The molecule has 16 atom stereocenters. The van der Waals surface area contributed by atoms with Crippen molar-refractivity contribution < 1.29 is 0 Å². The fourth-order valence-corrected chi connectivity index (χ4v) is 16.7. The van der Waals surface area contributed by atoms with Gasteiger partial charge in [-0.2, -0.15) is 5.26 Å². The predicted molar refractivity (Wildman–Crippen MR) is 233 cm³/mol. The molecule has 0 bridgehead atoms. The molecule has 57 heavy (non-hydrogen) atoms. The number of nitriles is 1. The second-order valence-corrected chi connectivity index (χ2v) is 21.5. The van der Waals surface area contributed by atoms with Gasteiger partial charge in [-0.3, -0.25) is 10.2 Å². The van der Waals surface area contributed by atoms with Gasteiger partial charge in [0, 0.05) is 36.2 Å². The minimum Gasteiger partial charge on any atom is -0.355 e. The molecule has 0 radical (unpaired) electrons. The summed E-state index contributed by atoms with van der Waals surface area (Å²) in [5.74, 6) is 8.82. The van der Waals surface area contributed by atoms with Crippen LogP contribution in [0.4, 0.5) is 0 Å². The van der Waals surface area contributed by atoms with Crippen molar-refractivity contribution in [2.24, 2.45) is 76.7 Å². The lowest BCUT2D eigenvalue weighted by molar-refractivity contribution is -0.0247. The Balaban J connectivity index is 0.966. The Kier molecular flexibility index (Phi) is 12.1. The summed E-state index contributed by atoms with van der Waals surface area (Å²) in [6.07, 6.45) is 50.4. The van der Waals surface area contributed by atoms with Crippen LogP contribution in [0, 0.1) is 82.3 Å². The van der Waals surface area contributed by atoms with E-state index in [4.69, 9.17) is 5.73 Å². The Morgan fingerprint density at radius 1 is 0.632 bits per heavy atom. The molecule has 3 heterocycles. The van der Waals surface area contributed by atoms with Crippen molar-refractivity contribution in [3.8, 4) is 6.07 Å². The molecule has 5 nitrogen and oxygen atoms in total. The summed E-state index contributed by atoms with van der Waals surface area (Å²) in [6.45, 7) is 2.12. The first-order valence-corrected chi connectivity index (χ1v) is 25.3. The molecule has 0 aromatic heterocycles. The van der Waals surface area contributed by atoms with Crippen LogP contribution in [-0.2, 0) is 0 Å². The van der Waals surface area contributed by atoms with Gasteiger partial charge >= 0.3 is 0 Å². The number of rotatable bonds is 8. The largest absolute Gasteiger partial charge is 0.355 e. The Morgan fingerprint density at radius 3 is 2.21 bits per heavy atom. The fourth-order valence-electron chi connectivity index (χ4n) is 16.7. The van der Waals surface area contributed by atoms with E-state index in [9.17, 15) is 5.26 Å². The van der Waals surface area contributed by atoms with Crippen LogP contribution in [0.5, 0.6) is 0 Å². The van der Waals surface area contributed by atoms with Crippen LogP contribution in [0.1, 0.15) is 161 Å². The van der Waals surface area contributed by atoms with E-state index in [-0.39, 0.29) is 5.92 Å². The van der Waals surface area contributed by atoms with Crippen molar-refractivity contribution in [1.29, 1.82) is 5.26 Å². The van der Waals surface area contributed by atoms with E-state index in [2.05, 4.69) is 57.6 Å². The number of hydrogen-bond acceptors (Lipinski definition) is 5. The summed E-state index contributed by atoms with van der Waals surface area (Å²) in [4.78, 5) is 6.17. The number of nitrogens with one attached hydrogen (secondary N) is 1. The minimum atomic E-state index is 0.286. The predicted octanol–water partition coefficient (Wildman–Crippen LogP) is 11.3. The topological polar surface area (TPSA) is 68.3 Å². The zero-order valence-corrected chi connectivity index (χ0v) is 35.7. The number of likely N-dealkylation sites (tertiary alicyclic amines) is 1. The van der Waals surface area contributed by atoms with Crippen molar-refractivity contribution in [3.63, 3.8) is 0 Å². The zero-order chi connectivity index (χ0) is 38.3. The summed E-state index contributed by atoms with van der Waals surface area (Å²) in [5.41, 5.74) is 9.95. The van der Waals surface area contributed by atoms with Crippen LogP contribution in [0.2, 0.25) is 0 Å². The first-order chi connectivity index (χ1) is 28.2. The van der Waals surface area contributed by atoms with Gasteiger partial charge in [-0.25, -0.2) is 0 Å². The van der Waals surface area contributed by atoms with Crippen molar-refractivity contribution in [1.82, 2.24) is 15.1 Å². The van der Waals surface area contributed by atoms with Crippen LogP contribution in [0.15, 0.2) is 47.7 Å². The maximum atomic E-state index is 9.97. The van der Waals surface area contributed by atoms with E-state index in [1.54, 1.807) is 5.70 Å². The highest BCUT2D eigenvalue weighted by molar-refractivity contribution is 5.33. The highest BCUT2D eigenvalue weighted by atomic mass is 15.4. The van der Waals surface area contributed by atoms with Crippen LogP contribution in [0.3, 0.4) is 0 Å². The molecule has 0 aromatic rings. The third kappa shape index (κ3) is 7.60. The number of piperidine rings is 1. The molecule has 0 aromatic carbocycles. The summed E-state index contributed by atoms with van der Waals surface area (Å²) < 4.78 is 0. The average Bonchev–Trinajstić information content (AvgIpc) is 3.82.